The van der Waals surface area contributed by atoms with Crippen LogP contribution in [0.2, 0.25) is 0 Å². The number of likely N-dealkylation sites (tertiary alicyclic amines) is 1. The van der Waals surface area contributed by atoms with Crippen molar-refractivity contribution in [2.45, 2.75) is 38.5 Å². The van der Waals surface area contributed by atoms with Crippen LogP contribution in [-0.4, -0.2) is 54.3 Å². The highest BCUT2D eigenvalue weighted by atomic mass is 19.4. The van der Waals surface area contributed by atoms with Crippen LogP contribution >= 0.6 is 0 Å². The van der Waals surface area contributed by atoms with Crippen LogP contribution in [0.4, 0.5) is 18.9 Å². The summed E-state index contributed by atoms with van der Waals surface area (Å²) in [5, 5.41) is 3.79. The van der Waals surface area contributed by atoms with Gasteiger partial charge in [-0.2, -0.15) is 13.2 Å². The third-order valence-electron chi connectivity index (χ3n) is 5.99. The van der Waals surface area contributed by atoms with Crippen molar-refractivity contribution >= 4 is 22.5 Å². The molecule has 1 aromatic carbocycles. The molecule has 0 spiro atoms. The first-order chi connectivity index (χ1) is 13.8. The maximum atomic E-state index is 12.6. The molecule has 158 valence electrons. The molecule has 29 heavy (non-hydrogen) atoms. The number of fused-ring (bicyclic) bond motifs is 2. The van der Waals surface area contributed by atoms with Gasteiger partial charge in [-0.05, 0) is 48.8 Å². The number of hydrogen-bond donors (Lipinski definition) is 2. The lowest BCUT2D eigenvalue weighted by atomic mass is 10.0. The van der Waals surface area contributed by atoms with Crippen LogP contribution in [0.5, 0.6) is 0 Å². The van der Waals surface area contributed by atoms with Crippen molar-refractivity contribution in [1.82, 2.24) is 9.88 Å². The van der Waals surface area contributed by atoms with Crippen molar-refractivity contribution in [1.29, 1.82) is 0 Å². The molecule has 2 aliphatic rings. The average Bonchev–Trinajstić information content (AvgIpc) is 3.26. The Morgan fingerprint density at radius 3 is 2.66 bits per heavy atom. The van der Waals surface area contributed by atoms with E-state index < -0.39 is 12.7 Å². The zero-order valence-corrected chi connectivity index (χ0v) is 16.4. The number of halogens is 3. The number of alkyl halides is 3. The molecule has 1 unspecified atom stereocenters. The van der Waals surface area contributed by atoms with Crippen LogP contribution in [0.15, 0.2) is 24.4 Å². The lowest BCUT2D eigenvalue weighted by Crippen LogP contribution is -2.33. The number of aromatic amines is 1. The van der Waals surface area contributed by atoms with Crippen LogP contribution in [0.3, 0.4) is 0 Å². The number of carbonyl (C=O) groups excluding carboxylic acids is 1. The monoisotopic (exact) mass is 409 g/mol. The standard InChI is InChI=1S/C21H26F3N3O2/c1-13(28)26-20-9-25-19-3-2-14(6-18(19)20)4-5-29-17-7-15-10-27(11-16(15)8-17)12-21(22,23)24/h2-3,6,9,15-17,25H,4-5,7-8,10-12H2,1H3,(H,26,28)/t15-,16+,17?. The minimum atomic E-state index is -4.12. The summed E-state index contributed by atoms with van der Waals surface area (Å²) in [5.41, 5.74) is 2.85. The number of ether oxygens (including phenoxy) is 1. The number of H-pyrrole nitrogens is 1. The Morgan fingerprint density at radius 2 is 2.00 bits per heavy atom. The molecule has 1 aliphatic carbocycles. The lowest BCUT2D eigenvalue weighted by molar-refractivity contribution is -0.144. The van der Waals surface area contributed by atoms with Gasteiger partial charge in [-0.15, -0.1) is 0 Å². The van der Waals surface area contributed by atoms with Crippen molar-refractivity contribution < 1.29 is 22.7 Å². The van der Waals surface area contributed by atoms with Crippen LogP contribution in [0, 0.1) is 11.8 Å². The SMILES string of the molecule is CC(=O)Nc1c[nH]c2ccc(CCOC3C[C@@H]4CN(CC(F)(F)F)C[C@@H]4C3)cc12. The summed E-state index contributed by atoms with van der Waals surface area (Å²) in [4.78, 5) is 16.0. The molecule has 8 heteroatoms. The molecule has 0 radical (unpaired) electrons. The van der Waals surface area contributed by atoms with E-state index in [4.69, 9.17) is 4.74 Å². The van der Waals surface area contributed by atoms with Gasteiger partial charge in [0, 0.05) is 37.1 Å². The van der Waals surface area contributed by atoms with Crippen LogP contribution in [0.25, 0.3) is 10.9 Å². The molecule has 0 bridgehead atoms. The van der Waals surface area contributed by atoms with Gasteiger partial charge in [0.15, 0.2) is 0 Å². The number of nitrogens with zero attached hydrogens (tertiary/aromatic N) is 1. The first kappa shape index (κ1) is 20.2. The van der Waals surface area contributed by atoms with Crippen molar-refractivity contribution in [3.63, 3.8) is 0 Å². The molecule has 2 fully saturated rings. The Bertz CT molecular complexity index is 866. The molecule has 1 aliphatic heterocycles. The van der Waals surface area contributed by atoms with E-state index >= 15 is 0 Å². The second kappa shape index (κ2) is 7.99. The van der Waals surface area contributed by atoms with Gasteiger partial charge in [0.1, 0.15) is 0 Å². The van der Waals surface area contributed by atoms with Gasteiger partial charge >= 0.3 is 6.18 Å². The lowest BCUT2D eigenvalue weighted by Gasteiger charge is -2.20. The van der Waals surface area contributed by atoms with Crippen molar-refractivity contribution in [3.8, 4) is 0 Å². The van der Waals surface area contributed by atoms with Crippen LogP contribution in [-0.2, 0) is 16.0 Å². The number of carbonyl (C=O) groups is 1. The molecule has 2 N–H and O–H groups in total. The largest absolute Gasteiger partial charge is 0.401 e. The summed E-state index contributed by atoms with van der Waals surface area (Å²) in [6.45, 7) is 2.32. The van der Waals surface area contributed by atoms with E-state index in [2.05, 4.69) is 16.4 Å². The number of aromatic nitrogens is 1. The molecule has 1 amide bonds. The summed E-state index contributed by atoms with van der Waals surface area (Å²) in [6, 6.07) is 6.09. The van der Waals surface area contributed by atoms with Gasteiger partial charge < -0.3 is 15.0 Å². The minimum Gasteiger partial charge on any atom is -0.378 e. The predicted molar refractivity (Wildman–Crippen MR) is 105 cm³/mol. The van der Waals surface area contributed by atoms with Crippen molar-refractivity contribution in [3.05, 3.63) is 30.0 Å². The summed E-state index contributed by atoms with van der Waals surface area (Å²) in [6.07, 6.45) is 0.266. The molecule has 2 aromatic rings. The number of amides is 1. The van der Waals surface area contributed by atoms with Crippen molar-refractivity contribution in [2.24, 2.45) is 11.8 Å². The van der Waals surface area contributed by atoms with Gasteiger partial charge in [0.2, 0.25) is 5.91 Å². The Morgan fingerprint density at radius 1 is 1.28 bits per heavy atom. The molecule has 5 nitrogen and oxygen atoms in total. The molecule has 4 rings (SSSR count). The number of benzene rings is 1. The quantitative estimate of drug-likeness (QED) is 0.759. The Labute approximate surface area is 167 Å². The average molecular weight is 409 g/mol. The zero-order valence-electron chi connectivity index (χ0n) is 16.4. The first-order valence-corrected chi connectivity index (χ1v) is 10.0. The summed E-state index contributed by atoms with van der Waals surface area (Å²) in [7, 11) is 0. The molecule has 2 heterocycles. The van der Waals surface area contributed by atoms with Crippen LogP contribution in [0.1, 0.15) is 25.3 Å². The summed E-state index contributed by atoms with van der Waals surface area (Å²) < 4.78 is 43.7. The first-order valence-electron chi connectivity index (χ1n) is 10.0. The highest BCUT2D eigenvalue weighted by molar-refractivity contribution is 6.01. The number of anilines is 1. The van der Waals surface area contributed by atoms with E-state index in [1.165, 1.54) is 11.8 Å². The number of nitrogens with one attached hydrogen (secondary N) is 2. The molecule has 1 saturated carbocycles. The molecule has 1 saturated heterocycles. The van der Waals surface area contributed by atoms with Gasteiger partial charge in [0.05, 0.1) is 24.9 Å². The van der Waals surface area contributed by atoms with E-state index in [9.17, 15) is 18.0 Å². The highest BCUT2D eigenvalue weighted by Gasteiger charge is 2.44. The third-order valence-corrected chi connectivity index (χ3v) is 5.99. The molecular weight excluding hydrogens is 383 g/mol. The smallest absolute Gasteiger partial charge is 0.378 e. The molecule has 1 aromatic heterocycles. The second-order valence-corrected chi connectivity index (χ2v) is 8.31. The maximum Gasteiger partial charge on any atom is 0.401 e. The Hall–Kier alpha value is -2.06. The Kier molecular flexibility index (Phi) is 5.57. The fraction of sp³-hybridized carbons (Fsp3) is 0.571. The topological polar surface area (TPSA) is 57.4 Å². The van der Waals surface area contributed by atoms with E-state index in [1.807, 2.05) is 12.1 Å². The van der Waals surface area contributed by atoms with E-state index in [1.54, 1.807) is 6.20 Å². The number of hydrogen-bond acceptors (Lipinski definition) is 3. The van der Waals surface area contributed by atoms with Gasteiger partial charge in [0.25, 0.3) is 0 Å². The summed E-state index contributed by atoms with van der Waals surface area (Å²) >= 11 is 0. The highest BCUT2D eigenvalue weighted by Crippen LogP contribution is 2.40. The van der Waals surface area contributed by atoms with E-state index in [0.717, 1.165) is 41.4 Å². The predicted octanol–water partition coefficient (Wildman–Crippen LogP) is 3.96. The molecule has 3 atom stereocenters. The van der Waals surface area contributed by atoms with Crippen molar-refractivity contribution in [2.75, 3.05) is 31.6 Å². The van der Waals surface area contributed by atoms with E-state index in [0.29, 0.717) is 31.5 Å². The Balaban J connectivity index is 1.26. The second-order valence-electron chi connectivity index (χ2n) is 8.31. The normalized spacial score (nSPS) is 24.9. The minimum absolute atomic E-state index is 0.111. The fourth-order valence-corrected chi connectivity index (χ4v) is 4.82. The van der Waals surface area contributed by atoms with Gasteiger partial charge in [-0.3, -0.25) is 9.69 Å². The maximum absolute atomic E-state index is 12.6. The number of rotatable bonds is 6. The van der Waals surface area contributed by atoms with Crippen LogP contribution < -0.4 is 5.32 Å². The fourth-order valence-electron chi connectivity index (χ4n) is 4.82. The van der Waals surface area contributed by atoms with E-state index in [-0.39, 0.29) is 12.0 Å². The van der Waals surface area contributed by atoms with Gasteiger partial charge in [-0.25, -0.2) is 0 Å². The zero-order chi connectivity index (χ0) is 20.6. The third kappa shape index (κ3) is 4.93. The summed E-state index contributed by atoms with van der Waals surface area (Å²) in [5.74, 6) is 0.526. The molecular formula is C21H26F3N3O2. The van der Waals surface area contributed by atoms with Gasteiger partial charge in [-0.1, -0.05) is 6.07 Å².